The SMILES string of the molecule is CCCCCC(C)NC(=O)c1ccc(C)c(C#CCO)c1. The van der Waals surface area contributed by atoms with Crippen LogP contribution in [0.15, 0.2) is 18.2 Å². The van der Waals surface area contributed by atoms with Crippen molar-refractivity contribution >= 4 is 5.91 Å². The van der Waals surface area contributed by atoms with Gasteiger partial charge in [0.1, 0.15) is 6.61 Å². The van der Waals surface area contributed by atoms with Crippen molar-refractivity contribution in [3.63, 3.8) is 0 Å². The van der Waals surface area contributed by atoms with Crippen LogP contribution in [0.4, 0.5) is 0 Å². The quantitative estimate of drug-likeness (QED) is 0.624. The molecule has 0 radical (unpaired) electrons. The van der Waals surface area contributed by atoms with Gasteiger partial charge in [-0.2, -0.15) is 0 Å². The van der Waals surface area contributed by atoms with E-state index in [9.17, 15) is 4.79 Å². The van der Waals surface area contributed by atoms with Gasteiger partial charge >= 0.3 is 0 Å². The Kier molecular flexibility index (Phi) is 7.56. The number of hydrogen-bond acceptors (Lipinski definition) is 2. The second kappa shape index (κ2) is 9.20. The van der Waals surface area contributed by atoms with Crippen LogP contribution in [0.25, 0.3) is 0 Å². The number of rotatable bonds is 6. The van der Waals surface area contributed by atoms with Gasteiger partial charge in [-0.15, -0.1) is 0 Å². The van der Waals surface area contributed by atoms with Gasteiger partial charge in [-0.1, -0.05) is 44.1 Å². The first kappa shape index (κ1) is 17.3. The molecular weight excluding hydrogens is 262 g/mol. The topological polar surface area (TPSA) is 49.3 Å². The van der Waals surface area contributed by atoms with Crippen molar-refractivity contribution in [1.29, 1.82) is 0 Å². The van der Waals surface area contributed by atoms with E-state index in [0.717, 1.165) is 24.0 Å². The molecule has 0 aliphatic rings. The molecule has 114 valence electrons. The van der Waals surface area contributed by atoms with E-state index in [-0.39, 0.29) is 18.6 Å². The molecule has 0 saturated heterocycles. The third-order valence-corrected chi connectivity index (χ3v) is 3.42. The molecule has 1 aromatic rings. The van der Waals surface area contributed by atoms with Crippen LogP contribution in [0, 0.1) is 18.8 Å². The molecule has 0 saturated carbocycles. The number of aliphatic hydroxyl groups is 1. The highest BCUT2D eigenvalue weighted by molar-refractivity contribution is 5.94. The minimum absolute atomic E-state index is 0.0638. The number of unbranched alkanes of at least 4 members (excludes halogenated alkanes) is 2. The van der Waals surface area contributed by atoms with E-state index in [0.29, 0.717) is 5.56 Å². The number of benzene rings is 1. The number of nitrogens with one attached hydrogen (secondary N) is 1. The highest BCUT2D eigenvalue weighted by Gasteiger charge is 2.10. The van der Waals surface area contributed by atoms with E-state index in [1.54, 1.807) is 6.07 Å². The summed E-state index contributed by atoms with van der Waals surface area (Å²) in [6.45, 7) is 5.97. The van der Waals surface area contributed by atoms with E-state index in [1.807, 2.05) is 26.0 Å². The Morgan fingerprint density at radius 3 is 2.81 bits per heavy atom. The molecule has 1 aromatic carbocycles. The number of hydrogen-bond donors (Lipinski definition) is 2. The van der Waals surface area contributed by atoms with Crippen LogP contribution in [0.1, 0.15) is 61.0 Å². The number of carbonyl (C=O) groups is 1. The smallest absolute Gasteiger partial charge is 0.251 e. The van der Waals surface area contributed by atoms with Crippen LogP contribution in [0.3, 0.4) is 0 Å². The minimum atomic E-state index is -0.176. The largest absolute Gasteiger partial charge is 0.384 e. The lowest BCUT2D eigenvalue weighted by molar-refractivity contribution is 0.0938. The molecule has 0 aliphatic carbocycles. The Bertz CT molecular complexity index is 526. The van der Waals surface area contributed by atoms with Crippen LogP contribution >= 0.6 is 0 Å². The third-order valence-electron chi connectivity index (χ3n) is 3.42. The summed E-state index contributed by atoms with van der Waals surface area (Å²) in [6.07, 6.45) is 4.53. The molecule has 1 rings (SSSR count). The normalized spacial score (nSPS) is 11.4. The van der Waals surface area contributed by atoms with Gasteiger partial charge in [-0.25, -0.2) is 0 Å². The molecule has 0 aromatic heterocycles. The minimum Gasteiger partial charge on any atom is -0.384 e. The van der Waals surface area contributed by atoms with Gasteiger partial charge in [0.25, 0.3) is 5.91 Å². The van der Waals surface area contributed by atoms with Crippen LogP contribution < -0.4 is 5.32 Å². The maximum absolute atomic E-state index is 12.2. The monoisotopic (exact) mass is 287 g/mol. The Labute approximate surface area is 127 Å². The zero-order valence-electron chi connectivity index (χ0n) is 13.2. The molecule has 1 amide bonds. The highest BCUT2D eigenvalue weighted by Crippen LogP contribution is 2.11. The van der Waals surface area contributed by atoms with Crippen LogP contribution in [-0.2, 0) is 0 Å². The zero-order chi connectivity index (χ0) is 15.7. The van der Waals surface area contributed by atoms with Crippen molar-refractivity contribution in [3.05, 3.63) is 34.9 Å². The Balaban J connectivity index is 2.69. The summed E-state index contributed by atoms with van der Waals surface area (Å²) in [7, 11) is 0. The molecule has 0 heterocycles. The van der Waals surface area contributed by atoms with Crippen molar-refractivity contribution in [2.75, 3.05) is 6.61 Å². The molecule has 0 spiro atoms. The predicted molar refractivity (Wildman–Crippen MR) is 86.2 cm³/mol. The molecule has 2 N–H and O–H groups in total. The molecule has 0 fully saturated rings. The number of amides is 1. The third kappa shape index (κ3) is 6.01. The summed E-state index contributed by atoms with van der Waals surface area (Å²) in [6, 6.07) is 5.66. The maximum Gasteiger partial charge on any atom is 0.251 e. The van der Waals surface area contributed by atoms with E-state index < -0.39 is 0 Å². The molecule has 0 aliphatic heterocycles. The van der Waals surface area contributed by atoms with Crippen molar-refractivity contribution in [1.82, 2.24) is 5.32 Å². The van der Waals surface area contributed by atoms with E-state index >= 15 is 0 Å². The molecule has 21 heavy (non-hydrogen) atoms. The first-order valence-corrected chi connectivity index (χ1v) is 7.59. The number of carbonyl (C=O) groups excluding carboxylic acids is 1. The summed E-state index contributed by atoms with van der Waals surface area (Å²) in [5.41, 5.74) is 2.41. The van der Waals surface area contributed by atoms with E-state index in [2.05, 4.69) is 24.1 Å². The van der Waals surface area contributed by atoms with Gasteiger partial charge in [0.2, 0.25) is 0 Å². The first-order chi connectivity index (χ1) is 10.1. The first-order valence-electron chi connectivity index (χ1n) is 7.59. The Hall–Kier alpha value is -1.79. The van der Waals surface area contributed by atoms with E-state index in [1.165, 1.54) is 12.8 Å². The fourth-order valence-electron chi connectivity index (χ4n) is 2.11. The second-order valence-corrected chi connectivity index (χ2v) is 5.36. The lowest BCUT2D eigenvalue weighted by Crippen LogP contribution is -2.32. The fraction of sp³-hybridized carbons (Fsp3) is 0.500. The molecule has 0 bridgehead atoms. The number of aryl methyl sites for hydroxylation is 1. The van der Waals surface area contributed by atoms with Crippen molar-refractivity contribution < 1.29 is 9.90 Å². The van der Waals surface area contributed by atoms with Gasteiger partial charge in [0, 0.05) is 17.2 Å². The van der Waals surface area contributed by atoms with Gasteiger partial charge < -0.3 is 10.4 Å². The second-order valence-electron chi connectivity index (χ2n) is 5.36. The summed E-state index contributed by atoms with van der Waals surface area (Å²) in [5, 5.41) is 11.8. The Morgan fingerprint density at radius 2 is 2.14 bits per heavy atom. The summed E-state index contributed by atoms with van der Waals surface area (Å²) in [4.78, 5) is 12.2. The lowest BCUT2D eigenvalue weighted by Gasteiger charge is -2.14. The van der Waals surface area contributed by atoms with E-state index in [4.69, 9.17) is 5.11 Å². The molecule has 3 heteroatoms. The van der Waals surface area contributed by atoms with Crippen molar-refractivity contribution in [2.45, 2.75) is 52.5 Å². The van der Waals surface area contributed by atoms with Crippen LogP contribution in [0.5, 0.6) is 0 Å². The average molecular weight is 287 g/mol. The summed E-state index contributed by atoms with van der Waals surface area (Å²) >= 11 is 0. The number of aliphatic hydroxyl groups excluding tert-OH is 1. The van der Waals surface area contributed by atoms with Gasteiger partial charge in [-0.05, 0) is 38.0 Å². The van der Waals surface area contributed by atoms with Gasteiger partial charge in [0.05, 0.1) is 0 Å². The maximum atomic E-state index is 12.2. The van der Waals surface area contributed by atoms with Crippen LogP contribution in [-0.4, -0.2) is 23.7 Å². The molecule has 3 nitrogen and oxygen atoms in total. The van der Waals surface area contributed by atoms with Crippen molar-refractivity contribution in [3.8, 4) is 11.8 Å². The van der Waals surface area contributed by atoms with Gasteiger partial charge in [0.15, 0.2) is 0 Å². The van der Waals surface area contributed by atoms with Crippen LogP contribution in [0.2, 0.25) is 0 Å². The molecular formula is C18H25NO2. The summed E-state index contributed by atoms with van der Waals surface area (Å²) < 4.78 is 0. The summed E-state index contributed by atoms with van der Waals surface area (Å²) in [5.74, 6) is 5.43. The fourth-order valence-corrected chi connectivity index (χ4v) is 2.11. The predicted octanol–water partition coefficient (Wildman–Crippen LogP) is 3.04. The lowest BCUT2D eigenvalue weighted by atomic mass is 10.0. The molecule has 1 unspecified atom stereocenters. The van der Waals surface area contributed by atoms with Crippen molar-refractivity contribution in [2.24, 2.45) is 0 Å². The molecule has 1 atom stereocenters. The standard InChI is InChI=1S/C18H25NO2/c1-4-5-6-8-15(3)19-18(21)17-11-10-14(2)16(13-17)9-7-12-20/h10-11,13,15,20H,4-6,8,12H2,1-3H3,(H,19,21). The average Bonchev–Trinajstić information content (AvgIpc) is 2.46. The van der Waals surface area contributed by atoms with Gasteiger partial charge in [-0.3, -0.25) is 4.79 Å². The Morgan fingerprint density at radius 1 is 1.38 bits per heavy atom. The highest BCUT2D eigenvalue weighted by atomic mass is 16.2. The zero-order valence-corrected chi connectivity index (χ0v) is 13.2.